The Labute approximate surface area is 66.9 Å². The topological polar surface area (TPSA) is 21.3 Å². The maximum absolute atomic E-state index is 5.47. The monoisotopic (exact) mass is 163 g/mol. The molecule has 1 fully saturated rings. The summed E-state index contributed by atoms with van der Waals surface area (Å²) in [4.78, 5) is 0. The van der Waals surface area contributed by atoms with E-state index in [1.807, 2.05) is 0 Å². The van der Waals surface area contributed by atoms with Crippen LogP contribution in [0.3, 0.4) is 0 Å². The molecule has 0 aromatic heterocycles. The van der Waals surface area contributed by atoms with Gasteiger partial charge in [0.05, 0.1) is 6.61 Å². The normalized spacial score (nSPS) is 26.7. The maximum Gasteiger partial charge on any atom is 0.108 e. The van der Waals surface area contributed by atoms with Crippen LogP contribution in [0.2, 0.25) is 0 Å². The molecule has 1 heterocycles. The molecule has 1 rings (SSSR count). The van der Waals surface area contributed by atoms with Crippen molar-refractivity contribution in [2.75, 3.05) is 19.0 Å². The van der Waals surface area contributed by atoms with Crippen LogP contribution >= 0.6 is 11.6 Å². The molecule has 60 valence electrons. The standard InChI is InChI=1S/C7H14ClNO/c8-4-6-10-7-3-1-2-5-9-7/h7,9H,1-6H2. The minimum absolute atomic E-state index is 0.271. The predicted octanol–water partition coefficient (Wildman–Crippen LogP) is 1.34. The highest BCUT2D eigenvalue weighted by atomic mass is 35.5. The summed E-state index contributed by atoms with van der Waals surface area (Å²) in [5.74, 6) is 0.595. The van der Waals surface area contributed by atoms with Crippen molar-refractivity contribution >= 4 is 11.6 Å². The van der Waals surface area contributed by atoms with Gasteiger partial charge in [0.1, 0.15) is 6.23 Å². The molecular weight excluding hydrogens is 150 g/mol. The Kier molecular flexibility index (Phi) is 4.10. The van der Waals surface area contributed by atoms with Crippen LogP contribution < -0.4 is 5.32 Å². The van der Waals surface area contributed by atoms with Gasteiger partial charge in [0.15, 0.2) is 0 Å². The number of piperidine rings is 1. The van der Waals surface area contributed by atoms with E-state index in [2.05, 4.69) is 5.32 Å². The molecule has 0 aromatic rings. The lowest BCUT2D eigenvalue weighted by Gasteiger charge is -2.22. The minimum Gasteiger partial charge on any atom is -0.362 e. The van der Waals surface area contributed by atoms with E-state index in [-0.39, 0.29) is 6.23 Å². The third-order valence-electron chi connectivity index (χ3n) is 1.66. The fourth-order valence-corrected chi connectivity index (χ4v) is 1.24. The summed E-state index contributed by atoms with van der Waals surface area (Å²) in [6, 6.07) is 0. The van der Waals surface area contributed by atoms with Crippen LogP contribution in [0.4, 0.5) is 0 Å². The van der Waals surface area contributed by atoms with Gasteiger partial charge < -0.3 is 4.74 Å². The van der Waals surface area contributed by atoms with E-state index in [4.69, 9.17) is 16.3 Å². The molecule has 1 aliphatic heterocycles. The zero-order valence-electron chi connectivity index (χ0n) is 6.11. The van der Waals surface area contributed by atoms with Crippen LogP contribution in [-0.2, 0) is 4.74 Å². The van der Waals surface area contributed by atoms with Crippen molar-refractivity contribution < 1.29 is 4.74 Å². The molecule has 2 nitrogen and oxygen atoms in total. The van der Waals surface area contributed by atoms with Gasteiger partial charge in [0.25, 0.3) is 0 Å². The molecule has 1 saturated heterocycles. The summed E-state index contributed by atoms with van der Waals surface area (Å²) in [6.45, 7) is 1.76. The second-order valence-electron chi connectivity index (χ2n) is 2.50. The third-order valence-corrected chi connectivity index (χ3v) is 1.82. The number of alkyl halides is 1. The first-order valence-corrected chi connectivity index (χ1v) is 4.38. The van der Waals surface area contributed by atoms with E-state index in [1.54, 1.807) is 0 Å². The van der Waals surface area contributed by atoms with E-state index in [1.165, 1.54) is 12.8 Å². The van der Waals surface area contributed by atoms with Crippen molar-refractivity contribution in [3.63, 3.8) is 0 Å². The van der Waals surface area contributed by atoms with E-state index >= 15 is 0 Å². The fraction of sp³-hybridized carbons (Fsp3) is 1.00. The van der Waals surface area contributed by atoms with Crippen LogP contribution in [-0.4, -0.2) is 25.3 Å². The van der Waals surface area contributed by atoms with Crippen molar-refractivity contribution in [3.8, 4) is 0 Å². The first kappa shape index (κ1) is 8.31. The van der Waals surface area contributed by atoms with Gasteiger partial charge in [-0.15, -0.1) is 11.6 Å². The Hall–Kier alpha value is 0.210. The van der Waals surface area contributed by atoms with Gasteiger partial charge in [-0.3, -0.25) is 5.32 Å². The molecule has 0 spiro atoms. The summed E-state index contributed by atoms with van der Waals surface area (Å²) in [5, 5.41) is 3.27. The number of nitrogens with one attached hydrogen (secondary N) is 1. The van der Waals surface area contributed by atoms with Gasteiger partial charge in [-0.25, -0.2) is 0 Å². The van der Waals surface area contributed by atoms with Crippen molar-refractivity contribution in [1.82, 2.24) is 5.32 Å². The Bertz CT molecular complexity index is 83.7. The van der Waals surface area contributed by atoms with E-state index in [0.717, 1.165) is 13.0 Å². The summed E-state index contributed by atoms with van der Waals surface area (Å²) in [7, 11) is 0. The Morgan fingerprint density at radius 1 is 1.50 bits per heavy atom. The highest BCUT2D eigenvalue weighted by Gasteiger charge is 2.11. The molecule has 10 heavy (non-hydrogen) atoms. The Morgan fingerprint density at radius 2 is 2.40 bits per heavy atom. The molecule has 3 heteroatoms. The third kappa shape index (κ3) is 2.86. The molecule has 0 saturated carbocycles. The fourth-order valence-electron chi connectivity index (χ4n) is 1.15. The average molecular weight is 164 g/mol. The van der Waals surface area contributed by atoms with E-state index in [9.17, 15) is 0 Å². The van der Waals surface area contributed by atoms with Gasteiger partial charge >= 0.3 is 0 Å². The Balaban J connectivity index is 2.02. The summed E-state index contributed by atoms with van der Waals surface area (Å²) < 4.78 is 5.39. The second-order valence-corrected chi connectivity index (χ2v) is 2.88. The maximum atomic E-state index is 5.47. The summed E-state index contributed by atoms with van der Waals surface area (Å²) in [6.07, 6.45) is 3.96. The van der Waals surface area contributed by atoms with Crippen molar-refractivity contribution in [2.45, 2.75) is 25.5 Å². The first-order valence-electron chi connectivity index (χ1n) is 3.84. The van der Waals surface area contributed by atoms with E-state index in [0.29, 0.717) is 12.5 Å². The first-order chi connectivity index (χ1) is 4.93. The molecule has 0 aliphatic carbocycles. The number of ether oxygens (including phenoxy) is 1. The largest absolute Gasteiger partial charge is 0.362 e. The van der Waals surface area contributed by atoms with Crippen LogP contribution in [0, 0.1) is 0 Å². The molecule has 0 bridgehead atoms. The van der Waals surface area contributed by atoms with Crippen molar-refractivity contribution in [1.29, 1.82) is 0 Å². The van der Waals surface area contributed by atoms with Gasteiger partial charge in [0, 0.05) is 5.88 Å². The Morgan fingerprint density at radius 3 is 3.00 bits per heavy atom. The lowest BCUT2D eigenvalue weighted by Crippen LogP contribution is -2.36. The van der Waals surface area contributed by atoms with Crippen LogP contribution in [0.1, 0.15) is 19.3 Å². The lowest BCUT2D eigenvalue weighted by molar-refractivity contribution is 0.0214. The lowest BCUT2D eigenvalue weighted by atomic mass is 10.1. The van der Waals surface area contributed by atoms with Gasteiger partial charge in [-0.2, -0.15) is 0 Å². The molecule has 0 amide bonds. The number of rotatable bonds is 3. The van der Waals surface area contributed by atoms with Crippen LogP contribution in [0.25, 0.3) is 0 Å². The molecule has 1 unspecified atom stereocenters. The van der Waals surface area contributed by atoms with Gasteiger partial charge in [-0.1, -0.05) is 0 Å². The van der Waals surface area contributed by atoms with Gasteiger partial charge in [-0.05, 0) is 25.8 Å². The highest BCUT2D eigenvalue weighted by Crippen LogP contribution is 2.07. The van der Waals surface area contributed by atoms with Crippen LogP contribution in [0.15, 0.2) is 0 Å². The number of hydrogen-bond acceptors (Lipinski definition) is 2. The molecule has 1 aliphatic rings. The molecule has 0 radical (unpaired) electrons. The second kappa shape index (κ2) is 4.94. The highest BCUT2D eigenvalue weighted by molar-refractivity contribution is 6.17. The quantitative estimate of drug-likeness (QED) is 0.635. The zero-order chi connectivity index (χ0) is 7.23. The number of halogens is 1. The summed E-state index contributed by atoms with van der Waals surface area (Å²) in [5.41, 5.74) is 0. The SMILES string of the molecule is ClCCOC1CCCCN1. The average Bonchev–Trinajstić information content (AvgIpc) is 2.03. The summed E-state index contributed by atoms with van der Waals surface area (Å²) >= 11 is 5.47. The number of hydrogen-bond donors (Lipinski definition) is 1. The zero-order valence-corrected chi connectivity index (χ0v) is 6.86. The van der Waals surface area contributed by atoms with Crippen LogP contribution in [0.5, 0.6) is 0 Å². The molecule has 0 aromatic carbocycles. The predicted molar refractivity (Wildman–Crippen MR) is 42.3 cm³/mol. The molecular formula is C7H14ClNO. The van der Waals surface area contributed by atoms with E-state index < -0.39 is 0 Å². The van der Waals surface area contributed by atoms with Gasteiger partial charge in [0.2, 0.25) is 0 Å². The van der Waals surface area contributed by atoms with Crippen molar-refractivity contribution in [3.05, 3.63) is 0 Å². The molecule has 1 N–H and O–H groups in total. The van der Waals surface area contributed by atoms with Crippen molar-refractivity contribution in [2.24, 2.45) is 0 Å². The smallest absolute Gasteiger partial charge is 0.108 e. The minimum atomic E-state index is 0.271. The molecule has 1 atom stereocenters.